The van der Waals surface area contributed by atoms with Gasteiger partial charge in [-0.25, -0.2) is 0 Å². The molecule has 0 aromatic heterocycles. The number of nitriles is 2. The largest absolute Gasteiger partial charge is 0.486 e. The minimum absolute atomic E-state index is 0.119. The predicted molar refractivity (Wildman–Crippen MR) is 97.5 cm³/mol. The molecular formula is C19H12N4O5. The molecule has 0 aliphatic carbocycles. The van der Waals surface area contributed by atoms with E-state index in [4.69, 9.17) is 14.7 Å². The first-order valence-electron chi connectivity index (χ1n) is 8.03. The van der Waals surface area contributed by atoms with Crippen LogP contribution in [0.3, 0.4) is 0 Å². The van der Waals surface area contributed by atoms with Crippen molar-refractivity contribution in [2.45, 2.75) is 0 Å². The number of nitrogens with zero attached hydrogens (tertiary/aromatic N) is 3. The Morgan fingerprint density at radius 3 is 2.54 bits per heavy atom. The molecule has 3 rings (SSSR count). The normalized spacial score (nSPS) is 12.4. The van der Waals surface area contributed by atoms with E-state index in [1.54, 1.807) is 24.3 Å². The van der Waals surface area contributed by atoms with Gasteiger partial charge in [0.25, 0.3) is 11.6 Å². The summed E-state index contributed by atoms with van der Waals surface area (Å²) in [6, 6.07) is 12.5. The molecule has 1 amide bonds. The number of rotatable bonds is 4. The van der Waals surface area contributed by atoms with Gasteiger partial charge in [0.05, 0.1) is 22.6 Å². The highest BCUT2D eigenvalue weighted by molar-refractivity contribution is 6.10. The molecule has 9 nitrogen and oxygen atoms in total. The lowest BCUT2D eigenvalue weighted by molar-refractivity contribution is -0.384. The van der Waals surface area contributed by atoms with Crippen molar-refractivity contribution in [3.63, 3.8) is 0 Å². The third-order valence-electron chi connectivity index (χ3n) is 3.80. The van der Waals surface area contributed by atoms with Crippen LogP contribution in [0.4, 0.5) is 11.4 Å². The molecule has 28 heavy (non-hydrogen) atoms. The third kappa shape index (κ3) is 3.89. The van der Waals surface area contributed by atoms with Crippen LogP contribution in [0.5, 0.6) is 11.5 Å². The van der Waals surface area contributed by atoms with Crippen molar-refractivity contribution in [2.75, 3.05) is 18.5 Å². The fourth-order valence-corrected chi connectivity index (χ4v) is 2.53. The summed E-state index contributed by atoms with van der Waals surface area (Å²) in [6.07, 6.45) is 1.29. The lowest BCUT2D eigenvalue weighted by atomic mass is 10.1. The highest BCUT2D eigenvalue weighted by atomic mass is 16.6. The molecule has 2 aromatic carbocycles. The summed E-state index contributed by atoms with van der Waals surface area (Å²) in [6.45, 7) is 0.537. The fraction of sp³-hybridized carbons (Fsp3) is 0.105. The van der Waals surface area contributed by atoms with E-state index in [2.05, 4.69) is 5.32 Å². The molecule has 0 saturated heterocycles. The number of nitrogens with one attached hydrogen (secondary N) is 1. The zero-order valence-electron chi connectivity index (χ0n) is 14.3. The second-order valence-electron chi connectivity index (χ2n) is 5.63. The van der Waals surface area contributed by atoms with Crippen molar-refractivity contribution in [1.82, 2.24) is 0 Å². The summed E-state index contributed by atoms with van der Waals surface area (Å²) >= 11 is 0. The zero-order valence-corrected chi connectivity index (χ0v) is 14.3. The number of nitro benzene ring substituents is 1. The van der Waals surface area contributed by atoms with Crippen LogP contribution in [0, 0.1) is 32.8 Å². The van der Waals surface area contributed by atoms with Gasteiger partial charge < -0.3 is 14.8 Å². The first-order valence-corrected chi connectivity index (χ1v) is 8.03. The van der Waals surface area contributed by atoms with Crippen LogP contribution in [0.2, 0.25) is 0 Å². The maximum Gasteiger partial charge on any atom is 0.296 e. The zero-order chi connectivity index (χ0) is 20.1. The minimum Gasteiger partial charge on any atom is -0.486 e. The molecule has 0 atom stereocenters. The van der Waals surface area contributed by atoms with Gasteiger partial charge >= 0.3 is 0 Å². The lowest BCUT2D eigenvalue weighted by Crippen LogP contribution is -2.18. The first-order chi connectivity index (χ1) is 13.5. The Hall–Kier alpha value is -4.37. The number of hydrogen-bond donors (Lipinski definition) is 1. The predicted octanol–water partition coefficient (Wildman–Crippen LogP) is 2.78. The van der Waals surface area contributed by atoms with Gasteiger partial charge in [-0.3, -0.25) is 14.9 Å². The molecule has 0 bridgehead atoms. The number of benzene rings is 2. The molecule has 2 aromatic rings. The summed E-state index contributed by atoms with van der Waals surface area (Å²) in [7, 11) is 0. The van der Waals surface area contributed by atoms with Crippen molar-refractivity contribution < 1.29 is 19.2 Å². The highest BCUT2D eigenvalue weighted by Gasteiger charge is 2.24. The minimum atomic E-state index is -0.829. The molecule has 1 heterocycles. The summed E-state index contributed by atoms with van der Waals surface area (Å²) in [5, 5.41) is 32.0. The molecule has 0 unspecified atom stereocenters. The maximum atomic E-state index is 12.5. The molecule has 1 aliphatic heterocycles. The number of hydrogen-bond acceptors (Lipinski definition) is 7. The van der Waals surface area contributed by atoms with E-state index in [-0.39, 0.29) is 41.7 Å². The van der Waals surface area contributed by atoms with E-state index < -0.39 is 10.8 Å². The van der Waals surface area contributed by atoms with E-state index in [1.807, 2.05) is 6.07 Å². The van der Waals surface area contributed by atoms with Crippen molar-refractivity contribution in [3.8, 4) is 23.6 Å². The van der Waals surface area contributed by atoms with Gasteiger partial charge in [-0.05, 0) is 23.8 Å². The van der Waals surface area contributed by atoms with Gasteiger partial charge in [0.2, 0.25) is 0 Å². The maximum absolute atomic E-state index is 12.5. The van der Waals surface area contributed by atoms with Gasteiger partial charge in [-0.15, -0.1) is 0 Å². The van der Waals surface area contributed by atoms with Crippen LogP contribution in [-0.4, -0.2) is 24.0 Å². The molecule has 9 heteroatoms. The molecule has 0 fully saturated rings. The molecule has 0 radical (unpaired) electrons. The van der Waals surface area contributed by atoms with Crippen molar-refractivity contribution in [3.05, 3.63) is 63.2 Å². The second-order valence-corrected chi connectivity index (χ2v) is 5.63. The molecule has 138 valence electrons. The van der Waals surface area contributed by atoms with Crippen LogP contribution < -0.4 is 14.8 Å². The lowest BCUT2D eigenvalue weighted by Gasteiger charge is -2.19. The Labute approximate surface area is 159 Å². The average Bonchev–Trinajstić information content (AvgIpc) is 2.71. The van der Waals surface area contributed by atoms with E-state index in [0.29, 0.717) is 11.1 Å². The van der Waals surface area contributed by atoms with E-state index in [0.717, 1.165) is 6.07 Å². The molecule has 1 aliphatic rings. The SMILES string of the molecule is N#C/C(=C\c1cccc(C#N)c1)C(=O)Nc1cc2c(cc1[N+](=O)[O-])OCCO2. The third-order valence-corrected chi connectivity index (χ3v) is 3.80. The number of fused-ring (bicyclic) bond motifs is 1. The van der Waals surface area contributed by atoms with E-state index in [9.17, 15) is 20.2 Å². The van der Waals surface area contributed by atoms with Crippen LogP contribution in [0.1, 0.15) is 11.1 Å². The van der Waals surface area contributed by atoms with Crippen molar-refractivity contribution in [2.24, 2.45) is 0 Å². The Morgan fingerprint density at radius 1 is 1.18 bits per heavy atom. The number of ether oxygens (including phenoxy) is 2. The van der Waals surface area contributed by atoms with E-state index in [1.165, 1.54) is 18.2 Å². The van der Waals surface area contributed by atoms with Gasteiger partial charge in [0.1, 0.15) is 30.5 Å². The van der Waals surface area contributed by atoms with Gasteiger partial charge in [-0.1, -0.05) is 12.1 Å². The summed E-state index contributed by atoms with van der Waals surface area (Å²) in [5.74, 6) is -0.360. The van der Waals surface area contributed by atoms with Crippen LogP contribution in [0.25, 0.3) is 6.08 Å². The standard InChI is InChI=1S/C19H12N4O5/c20-10-13-3-1-2-12(6-13)7-14(11-21)19(24)22-15-8-17-18(28-5-4-27-17)9-16(15)23(25)26/h1-3,6-9H,4-5H2,(H,22,24)/b14-7+. The highest BCUT2D eigenvalue weighted by Crippen LogP contribution is 2.39. The van der Waals surface area contributed by atoms with Gasteiger partial charge in [-0.2, -0.15) is 10.5 Å². The molecule has 0 saturated carbocycles. The second kappa shape index (κ2) is 7.89. The Balaban J connectivity index is 1.92. The van der Waals surface area contributed by atoms with Gasteiger partial charge in [0, 0.05) is 6.07 Å². The Kier molecular flexibility index (Phi) is 5.19. The number of anilines is 1. The average molecular weight is 376 g/mol. The quantitative estimate of drug-likeness (QED) is 0.375. The monoisotopic (exact) mass is 376 g/mol. The first kappa shape index (κ1) is 18.4. The van der Waals surface area contributed by atoms with Crippen LogP contribution in [-0.2, 0) is 4.79 Å². The number of amides is 1. The summed E-state index contributed by atoms with van der Waals surface area (Å²) in [4.78, 5) is 23.2. The van der Waals surface area contributed by atoms with Crippen molar-refractivity contribution in [1.29, 1.82) is 10.5 Å². The smallest absolute Gasteiger partial charge is 0.296 e. The molecule has 1 N–H and O–H groups in total. The number of carbonyl (C=O) groups excluding carboxylic acids is 1. The Morgan fingerprint density at radius 2 is 1.89 bits per heavy atom. The van der Waals surface area contributed by atoms with Crippen molar-refractivity contribution >= 4 is 23.4 Å². The Bertz CT molecular complexity index is 1080. The summed E-state index contributed by atoms with van der Waals surface area (Å²) < 4.78 is 10.7. The topological polar surface area (TPSA) is 138 Å². The number of carbonyl (C=O) groups is 1. The van der Waals surface area contributed by atoms with E-state index >= 15 is 0 Å². The van der Waals surface area contributed by atoms with Crippen LogP contribution in [0.15, 0.2) is 42.0 Å². The molecular weight excluding hydrogens is 364 g/mol. The van der Waals surface area contributed by atoms with Gasteiger partial charge in [0.15, 0.2) is 11.5 Å². The fourth-order valence-electron chi connectivity index (χ4n) is 2.53. The number of nitro groups is 1. The van der Waals surface area contributed by atoms with Crippen LogP contribution >= 0.6 is 0 Å². The molecule has 0 spiro atoms. The summed E-state index contributed by atoms with van der Waals surface area (Å²) in [5.41, 5.74) is 0.0585.